The first-order valence-corrected chi connectivity index (χ1v) is 8.11. The fourth-order valence-electron chi connectivity index (χ4n) is 3.15. The molecule has 25 heavy (non-hydrogen) atoms. The summed E-state index contributed by atoms with van der Waals surface area (Å²) in [7, 11) is 0. The van der Waals surface area contributed by atoms with Crippen LogP contribution in [-0.2, 0) is 0 Å². The van der Waals surface area contributed by atoms with Crippen LogP contribution in [0.2, 0.25) is 0 Å². The summed E-state index contributed by atoms with van der Waals surface area (Å²) >= 11 is 0. The van der Waals surface area contributed by atoms with Crippen LogP contribution >= 0.6 is 0 Å². The number of carbonyl (C=O) groups excluding carboxylic acids is 1. The molecule has 2 unspecified atom stereocenters. The average Bonchev–Trinajstić information content (AvgIpc) is 2.58. The summed E-state index contributed by atoms with van der Waals surface area (Å²) in [4.78, 5) is 27.3. The number of aryl methyl sites for hydroxylation is 1. The van der Waals surface area contributed by atoms with E-state index in [0.29, 0.717) is 30.8 Å². The summed E-state index contributed by atoms with van der Waals surface area (Å²) in [5, 5.41) is 6.01. The van der Waals surface area contributed by atoms with Crippen molar-refractivity contribution >= 4 is 5.91 Å². The maximum atomic E-state index is 13.6. The Hall–Kier alpha value is -2.54. The number of pyridine rings is 1. The number of benzene rings is 1. The molecule has 5 nitrogen and oxygen atoms in total. The molecule has 1 aromatic carbocycles. The molecule has 2 aromatic rings. The van der Waals surface area contributed by atoms with E-state index in [2.05, 4.69) is 15.6 Å². The molecule has 0 saturated carbocycles. The Morgan fingerprint density at radius 2 is 2.04 bits per heavy atom. The Balaban J connectivity index is 1.82. The SMILES string of the molecule is Cc1cc(=O)c(C(=O)NC2CNCCC2c2ccc(F)c(F)c2)c[nH]1. The minimum absolute atomic E-state index is 0.0280. The van der Waals surface area contributed by atoms with E-state index in [1.54, 1.807) is 6.92 Å². The van der Waals surface area contributed by atoms with Gasteiger partial charge >= 0.3 is 0 Å². The summed E-state index contributed by atoms with van der Waals surface area (Å²) < 4.78 is 26.7. The van der Waals surface area contributed by atoms with Crippen LogP contribution in [0.3, 0.4) is 0 Å². The zero-order chi connectivity index (χ0) is 18.0. The van der Waals surface area contributed by atoms with Crippen molar-refractivity contribution in [1.29, 1.82) is 0 Å². The molecule has 1 saturated heterocycles. The van der Waals surface area contributed by atoms with E-state index in [1.165, 1.54) is 24.4 Å². The number of hydrogen-bond donors (Lipinski definition) is 3. The first-order chi connectivity index (χ1) is 12.0. The summed E-state index contributed by atoms with van der Waals surface area (Å²) in [6, 6.07) is 4.83. The number of carbonyl (C=O) groups is 1. The van der Waals surface area contributed by atoms with Crippen LogP contribution in [0.25, 0.3) is 0 Å². The summed E-state index contributed by atoms with van der Waals surface area (Å²) in [5.41, 5.74) is 0.964. The van der Waals surface area contributed by atoms with Gasteiger partial charge in [-0.2, -0.15) is 0 Å². The summed E-state index contributed by atoms with van der Waals surface area (Å²) in [5.74, 6) is -2.45. The molecule has 2 atom stereocenters. The highest BCUT2D eigenvalue weighted by Gasteiger charge is 2.29. The summed E-state index contributed by atoms with van der Waals surface area (Å²) in [6.07, 6.45) is 2.05. The molecule has 7 heteroatoms. The monoisotopic (exact) mass is 347 g/mol. The maximum Gasteiger partial charge on any atom is 0.257 e. The number of H-pyrrole nitrogens is 1. The zero-order valence-corrected chi connectivity index (χ0v) is 13.7. The third-order valence-corrected chi connectivity index (χ3v) is 4.47. The van der Waals surface area contributed by atoms with Crippen LogP contribution in [0.1, 0.15) is 34.0 Å². The van der Waals surface area contributed by atoms with Crippen LogP contribution in [0, 0.1) is 18.6 Å². The number of aromatic nitrogens is 1. The molecule has 0 spiro atoms. The van der Waals surface area contributed by atoms with Gasteiger partial charge in [0, 0.05) is 36.5 Å². The van der Waals surface area contributed by atoms with Gasteiger partial charge in [0.15, 0.2) is 17.1 Å². The highest BCUT2D eigenvalue weighted by Crippen LogP contribution is 2.27. The first kappa shape index (κ1) is 17.3. The fraction of sp³-hybridized carbons (Fsp3) is 0.333. The largest absolute Gasteiger partial charge is 0.364 e. The van der Waals surface area contributed by atoms with Crippen LogP contribution in [-0.4, -0.2) is 30.0 Å². The Kier molecular flexibility index (Phi) is 4.94. The third kappa shape index (κ3) is 3.76. The predicted molar refractivity (Wildman–Crippen MR) is 89.6 cm³/mol. The smallest absolute Gasteiger partial charge is 0.257 e. The van der Waals surface area contributed by atoms with Gasteiger partial charge in [-0.25, -0.2) is 8.78 Å². The summed E-state index contributed by atoms with van der Waals surface area (Å²) in [6.45, 7) is 2.92. The fourth-order valence-corrected chi connectivity index (χ4v) is 3.15. The Morgan fingerprint density at radius 3 is 2.76 bits per heavy atom. The molecule has 1 aliphatic rings. The van der Waals surface area contributed by atoms with Gasteiger partial charge in [-0.05, 0) is 37.6 Å². The second kappa shape index (κ2) is 7.14. The Bertz CT molecular complexity index is 850. The van der Waals surface area contributed by atoms with E-state index in [-0.39, 0.29) is 23.0 Å². The maximum absolute atomic E-state index is 13.6. The minimum atomic E-state index is -0.906. The molecule has 1 fully saturated rings. The van der Waals surface area contributed by atoms with Crippen molar-refractivity contribution < 1.29 is 13.6 Å². The number of piperidine rings is 1. The quantitative estimate of drug-likeness (QED) is 0.793. The van der Waals surface area contributed by atoms with Crippen molar-refractivity contribution in [3.8, 4) is 0 Å². The van der Waals surface area contributed by atoms with Crippen LogP contribution < -0.4 is 16.1 Å². The molecule has 1 aliphatic heterocycles. The van der Waals surface area contributed by atoms with Gasteiger partial charge in [0.25, 0.3) is 5.91 Å². The molecule has 0 bridgehead atoms. The van der Waals surface area contributed by atoms with Crippen molar-refractivity contribution in [3.63, 3.8) is 0 Å². The van der Waals surface area contributed by atoms with Crippen LogP contribution in [0.5, 0.6) is 0 Å². The lowest BCUT2D eigenvalue weighted by Crippen LogP contribution is -2.50. The van der Waals surface area contributed by atoms with Gasteiger partial charge in [0.2, 0.25) is 0 Å². The van der Waals surface area contributed by atoms with Gasteiger partial charge in [0.05, 0.1) is 0 Å². The minimum Gasteiger partial charge on any atom is -0.364 e. The first-order valence-electron chi connectivity index (χ1n) is 8.11. The molecular formula is C18H19F2N3O2. The number of aromatic amines is 1. The standard InChI is InChI=1S/C18H19F2N3O2/c1-10-6-17(24)13(8-22-10)18(25)23-16-9-21-5-4-12(16)11-2-3-14(19)15(20)7-11/h2-3,6-8,12,16,21H,4-5,9H2,1H3,(H,22,24)(H,23,25). The van der Waals surface area contributed by atoms with Crippen molar-refractivity contribution in [2.75, 3.05) is 13.1 Å². The van der Waals surface area contributed by atoms with Gasteiger partial charge in [0.1, 0.15) is 5.56 Å². The molecule has 1 amide bonds. The van der Waals surface area contributed by atoms with E-state index in [4.69, 9.17) is 0 Å². The van der Waals surface area contributed by atoms with Crippen molar-refractivity contribution in [2.45, 2.75) is 25.3 Å². The van der Waals surface area contributed by atoms with Gasteiger partial charge < -0.3 is 15.6 Å². The second-order valence-electron chi connectivity index (χ2n) is 6.25. The Morgan fingerprint density at radius 1 is 1.24 bits per heavy atom. The molecular weight excluding hydrogens is 328 g/mol. The van der Waals surface area contributed by atoms with Crippen LogP contribution in [0.4, 0.5) is 8.78 Å². The molecule has 3 rings (SSSR count). The number of rotatable bonds is 3. The predicted octanol–water partition coefficient (Wildman–Crippen LogP) is 1.84. The third-order valence-electron chi connectivity index (χ3n) is 4.47. The highest BCUT2D eigenvalue weighted by atomic mass is 19.2. The van der Waals surface area contributed by atoms with Crippen molar-refractivity contribution in [3.05, 3.63) is 69.1 Å². The van der Waals surface area contributed by atoms with E-state index in [9.17, 15) is 18.4 Å². The topological polar surface area (TPSA) is 74.0 Å². The highest BCUT2D eigenvalue weighted by molar-refractivity contribution is 5.94. The zero-order valence-electron chi connectivity index (χ0n) is 13.7. The number of nitrogens with one attached hydrogen (secondary N) is 3. The average molecular weight is 347 g/mol. The lowest BCUT2D eigenvalue weighted by molar-refractivity contribution is 0.0923. The normalized spacial score (nSPS) is 20.3. The second-order valence-corrected chi connectivity index (χ2v) is 6.25. The van der Waals surface area contributed by atoms with E-state index < -0.39 is 17.5 Å². The lowest BCUT2D eigenvalue weighted by atomic mass is 9.86. The van der Waals surface area contributed by atoms with E-state index in [0.717, 1.165) is 6.07 Å². The van der Waals surface area contributed by atoms with Crippen LogP contribution in [0.15, 0.2) is 35.3 Å². The van der Waals surface area contributed by atoms with E-state index in [1.807, 2.05) is 0 Å². The molecule has 132 valence electrons. The lowest BCUT2D eigenvalue weighted by Gasteiger charge is -2.33. The molecule has 2 heterocycles. The molecule has 0 radical (unpaired) electrons. The number of hydrogen-bond acceptors (Lipinski definition) is 3. The number of halogens is 2. The van der Waals surface area contributed by atoms with Gasteiger partial charge in [-0.1, -0.05) is 6.07 Å². The van der Waals surface area contributed by atoms with Gasteiger partial charge in [-0.15, -0.1) is 0 Å². The van der Waals surface area contributed by atoms with E-state index >= 15 is 0 Å². The van der Waals surface area contributed by atoms with Crippen molar-refractivity contribution in [1.82, 2.24) is 15.6 Å². The van der Waals surface area contributed by atoms with Crippen molar-refractivity contribution in [2.24, 2.45) is 0 Å². The molecule has 3 N–H and O–H groups in total. The van der Waals surface area contributed by atoms with Gasteiger partial charge in [-0.3, -0.25) is 9.59 Å². The number of amides is 1. The molecule has 0 aliphatic carbocycles. The Labute approximate surface area is 143 Å². The molecule has 1 aromatic heterocycles.